The molecule has 0 fully saturated rings. The van der Waals surface area contributed by atoms with Crippen LogP contribution in [-0.4, -0.2) is 9.55 Å². The molecule has 126 valence electrons. The van der Waals surface area contributed by atoms with E-state index >= 15 is 0 Å². The van der Waals surface area contributed by atoms with Gasteiger partial charge in [0.2, 0.25) is 0 Å². The van der Waals surface area contributed by atoms with Gasteiger partial charge in [0.25, 0.3) is 5.56 Å². The van der Waals surface area contributed by atoms with Gasteiger partial charge in [0.15, 0.2) is 4.77 Å². The lowest BCUT2D eigenvalue weighted by atomic mass is 9.69. The Labute approximate surface area is 152 Å². The number of rotatable bonds is 2. The smallest absolute Gasteiger partial charge is 0.263 e. The number of aromatic nitrogens is 2. The summed E-state index contributed by atoms with van der Waals surface area (Å²) in [7, 11) is 0. The predicted molar refractivity (Wildman–Crippen MR) is 104 cm³/mol. The zero-order valence-corrected chi connectivity index (χ0v) is 15.2. The molecule has 0 saturated carbocycles. The van der Waals surface area contributed by atoms with Crippen LogP contribution in [0, 0.1) is 4.77 Å². The van der Waals surface area contributed by atoms with E-state index in [9.17, 15) is 4.79 Å². The third-order valence-electron chi connectivity index (χ3n) is 5.37. The van der Waals surface area contributed by atoms with Crippen molar-refractivity contribution in [3.05, 3.63) is 80.8 Å². The summed E-state index contributed by atoms with van der Waals surface area (Å²) < 4.78 is 2.06. The molecule has 0 amide bonds. The highest BCUT2D eigenvalue weighted by Gasteiger charge is 2.37. The lowest BCUT2D eigenvalue weighted by Crippen LogP contribution is -2.39. The number of hydrogen-bond acceptors (Lipinski definition) is 2. The van der Waals surface area contributed by atoms with E-state index in [0.717, 1.165) is 35.3 Å². The van der Waals surface area contributed by atoms with Gasteiger partial charge in [-0.05, 0) is 42.8 Å². The maximum Gasteiger partial charge on any atom is 0.263 e. The van der Waals surface area contributed by atoms with Crippen molar-refractivity contribution in [3.63, 3.8) is 0 Å². The lowest BCUT2D eigenvalue weighted by molar-refractivity contribution is 0.438. The third-order valence-corrected chi connectivity index (χ3v) is 5.65. The van der Waals surface area contributed by atoms with E-state index in [1.54, 1.807) is 4.57 Å². The Morgan fingerprint density at radius 3 is 2.52 bits per heavy atom. The van der Waals surface area contributed by atoms with Gasteiger partial charge in [-0.25, -0.2) is 0 Å². The van der Waals surface area contributed by atoms with Crippen molar-refractivity contribution in [2.24, 2.45) is 0 Å². The number of H-pyrrole nitrogens is 1. The molecular formula is C21H20N2OS. The molecule has 0 spiro atoms. The highest BCUT2D eigenvalue weighted by molar-refractivity contribution is 7.71. The second-order valence-corrected chi connectivity index (χ2v) is 7.29. The van der Waals surface area contributed by atoms with Gasteiger partial charge in [-0.15, -0.1) is 0 Å². The average Bonchev–Trinajstić information content (AvgIpc) is 2.62. The number of hydrogen-bond donors (Lipinski definition) is 1. The highest BCUT2D eigenvalue weighted by Crippen LogP contribution is 2.42. The molecule has 0 unspecified atom stereocenters. The quantitative estimate of drug-likeness (QED) is 0.676. The highest BCUT2D eigenvalue weighted by atomic mass is 32.1. The maximum absolute atomic E-state index is 13.5. The van der Waals surface area contributed by atoms with E-state index in [2.05, 4.69) is 37.0 Å². The molecule has 1 N–H and O–H groups in total. The summed E-state index contributed by atoms with van der Waals surface area (Å²) in [6, 6.07) is 17.9. The van der Waals surface area contributed by atoms with Crippen molar-refractivity contribution >= 4 is 12.2 Å². The first kappa shape index (κ1) is 16.0. The molecule has 25 heavy (non-hydrogen) atoms. The van der Waals surface area contributed by atoms with Crippen molar-refractivity contribution in [3.8, 4) is 16.9 Å². The molecule has 2 aromatic carbocycles. The maximum atomic E-state index is 13.5. The zero-order chi connectivity index (χ0) is 17.6. The number of para-hydroxylation sites is 1. The number of aromatic amines is 1. The molecule has 1 aromatic heterocycles. The number of nitrogens with one attached hydrogen (secondary N) is 1. The topological polar surface area (TPSA) is 37.8 Å². The second kappa shape index (κ2) is 5.81. The summed E-state index contributed by atoms with van der Waals surface area (Å²) in [5, 5.41) is 0. The first-order valence-electron chi connectivity index (χ1n) is 8.58. The van der Waals surface area contributed by atoms with Crippen molar-refractivity contribution in [2.75, 3.05) is 0 Å². The van der Waals surface area contributed by atoms with Crippen LogP contribution in [-0.2, 0) is 11.8 Å². The Hall–Kier alpha value is -2.46. The fraction of sp³-hybridized carbons (Fsp3) is 0.238. The minimum absolute atomic E-state index is 0.0104. The minimum Gasteiger partial charge on any atom is -0.331 e. The third kappa shape index (κ3) is 2.40. The van der Waals surface area contributed by atoms with Crippen molar-refractivity contribution < 1.29 is 0 Å². The molecule has 1 atom stereocenters. The molecule has 3 nitrogen and oxygen atoms in total. The zero-order valence-electron chi connectivity index (χ0n) is 14.4. The Kier molecular flexibility index (Phi) is 3.73. The van der Waals surface area contributed by atoms with Crippen LogP contribution in [0.5, 0.6) is 0 Å². The normalized spacial score (nSPS) is 18.5. The largest absolute Gasteiger partial charge is 0.331 e. The van der Waals surface area contributed by atoms with E-state index in [4.69, 9.17) is 12.2 Å². The molecule has 0 radical (unpaired) electrons. The van der Waals surface area contributed by atoms with Gasteiger partial charge in [-0.3, -0.25) is 9.36 Å². The molecule has 0 aliphatic heterocycles. The van der Waals surface area contributed by atoms with Gasteiger partial charge in [-0.1, -0.05) is 56.3 Å². The van der Waals surface area contributed by atoms with E-state index < -0.39 is 0 Å². The van der Waals surface area contributed by atoms with Crippen molar-refractivity contribution in [1.82, 2.24) is 9.55 Å². The van der Waals surface area contributed by atoms with E-state index in [1.807, 2.05) is 36.4 Å². The predicted octanol–water partition coefficient (Wildman–Crippen LogP) is 4.79. The molecule has 1 aliphatic carbocycles. The van der Waals surface area contributed by atoms with Gasteiger partial charge >= 0.3 is 0 Å². The van der Waals surface area contributed by atoms with Crippen LogP contribution in [0.1, 0.15) is 31.4 Å². The number of nitrogens with zero attached hydrogens (tertiary/aromatic N) is 1. The Balaban J connectivity index is 2.11. The van der Waals surface area contributed by atoms with Crippen LogP contribution in [0.15, 0.2) is 59.4 Å². The molecule has 3 aromatic rings. The Bertz CT molecular complexity index is 1070. The van der Waals surface area contributed by atoms with E-state index in [1.165, 1.54) is 5.56 Å². The summed E-state index contributed by atoms with van der Waals surface area (Å²) >= 11 is 5.55. The second-order valence-electron chi connectivity index (χ2n) is 6.90. The SMILES string of the molecule is CC[C@]1(C)Cc2ccccc2-c2[nH]c(=S)n(-c3ccccc3)c(=O)c21. The summed E-state index contributed by atoms with van der Waals surface area (Å²) in [4.78, 5) is 16.9. The molecule has 1 heterocycles. The Morgan fingerprint density at radius 1 is 1.12 bits per heavy atom. The summed E-state index contributed by atoms with van der Waals surface area (Å²) in [6.45, 7) is 4.32. The fourth-order valence-corrected chi connectivity index (χ4v) is 4.13. The van der Waals surface area contributed by atoms with Crippen LogP contribution >= 0.6 is 12.2 Å². The van der Waals surface area contributed by atoms with Crippen molar-refractivity contribution in [1.29, 1.82) is 0 Å². The summed E-state index contributed by atoms with van der Waals surface area (Å²) in [6.07, 6.45) is 1.75. The van der Waals surface area contributed by atoms with Crippen LogP contribution in [0.2, 0.25) is 0 Å². The van der Waals surface area contributed by atoms with Crippen LogP contribution < -0.4 is 5.56 Å². The van der Waals surface area contributed by atoms with E-state index in [-0.39, 0.29) is 11.0 Å². The fourth-order valence-electron chi connectivity index (χ4n) is 3.84. The van der Waals surface area contributed by atoms with Crippen LogP contribution in [0.4, 0.5) is 0 Å². The molecule has 1 aliphatic rings. The molecule has 4 heteroatoms. The lowest BCUT2D eigenvalue weighted by Gasteiger charge is -2.35. The van der Waals surface area contributed by atoms with Crippen molar-refractivity contribution in [2.45, 2.75) is 32.1 Å². The first-order chi connectivity index (χ1) is 12.0. The summed E-state index contributed by atoms with van der Waals surface area (Å²) in [5.41, 5.74) is 4.66. The van der Waals surface area contributed by atoms with Crippen LogP contribution in [0.3, 0.4) is 0 Å². The van der Waals surface area contributed by atoms with Gasteiger partial charge in [0, 0.05) is 16.5 Å². The van der Waals surface area contributed by atoms with Gasteiger partial charge < -0.3 is 4.98 Å². The van der Waals surface area contributed by atoms with Gasteiger partial charge in [0.05, 0.1) is 11.4 Å². The average molecular weight is 348 g/mol. The molecule has 0 bridgehead atoms. The molecule has 4 rings (SSSR count). The molecule has 0 saturated heterocycles. The number of fused-ring (bicyclic) bond motifs is 3. The molecular weight excluding hydrogens is 328 g/mol. The number of benzene rings is 2. The standard InChI is InChI=1S/C21H20N2OS/c1-3-21(2)13-14-9-7-8-12-16(14)18-17(21)19(24)23(20(25)22-18)15-10-5-4-6-11-15/h4-12H,3,13H2,1-2H3,(H,22,25)/t21-/m1/s1. The monoisotopic (exact) mass is 348 g/mol. The Morgan fingerprint density at radius 2 is 1.80 bits per heavy atom. The van der Waals surface area contributed by atoms with Gasteiger partial charge in [-0.2, -0.15) is 0 Å². The van der Waals surface area contributed by atoms with Gasteiger partial charge in [0.1, 0.15) is 0 Å². The minimum atomic E-state index is -0.211. The van der Waals surface area contributed by atoms with Crippen LogP contribution in [0.25, 0.3) is 16.9 Å². The summed E-state index contributed by atoms with van der Waals surface area (Å²) in [5.74, 6) is 0. The van der Waals surface area contributed by atoms with E-state index in [0.29, 0.717) is 4.77 Å². The first-order valence-corrected chi connectivity index (χ1v) is 8.99.